The van der Waals surface area contributed by atoms with Gasteiger partial charge in [-0.2, -0.15) is 14.6 Å². The third kappa shape index (κ3) is 5.63. The summed E-state index contributed by atoms with van der Waals surface area (Å²) in [5.74, 6) is 1.34. The zero-order valence-corrected chi connectivity index (χ0v) is 23.9. The van der Waals surface area contributed by atoms with E-state index in [9.17, 15) is 14.9 Å². The Morgan fingerprint density at radius 3 is 2.51 bits per heavy atom. The van der Waals surface area contributed by atoms with Crippen molar-refractivity contribution < 1.29 is 14.4 Å². The summed E-state index contributed by atoms with van der Waals surface area (Å²) in [7, 11) is 1.38. The Morgan fingerprint density at radius 1 is 1.02 bits per heavy atom. The first-order chi connectivity index (χ1) is 20.9. The molecular formula is C31H24N6O5S. The van der Waals surface area contributed by atoms with Gasteiger partial charge in [0.2, 0.25) is 4.96 Å². The van der Waals surface area contributed by atoms with Gasteiger partial charge in [0.15, 0.2) is 11.6 Å². The molecular weight excluding hydrogens is 568 g/mol. The molecule has 3 aromatic heterocycles. The fraction of sp³-hybridized carbons (Fsp3) is 0.0968. The Bertz CT molecular complexity index is 2080. The van der Waals surface area contributed by atoms with Crippen molar-refractivity contribution >= 4 is 40.2 Å². The summed E-state index contributed by atoms with van der Waals surface area (Å²) >= 11 is 1.20. The number of nitro benzene ring substituents is 1. The van der Waals surface area contributed by atoms with E-state index in [4.69, 9.17) is 14.6 Å². The Morgan fingerprint density at radius 2 is 1.81 bits per heavy atom. The molecule has 0 saturated carbocycles. The van der Waals surface area contributed by atoms with E-state index in [1.165, 1.54) is 35.1 Å². The van der Waals surface area contributed by atoms with Gasteiger partial charge in [-0.1, -0.05) is 47.7 Å². The molecule has 0 N–H and O–H groups in total. The highest BCUT2D eigenvalue weighted by Gasteiger charge is 2.20. The largest absolute Gasteiger partial charge is 0.494 e. The van der Waals surface area contributed by atoms with Crippen LogP contribution in [0.15, 0.2) is 83.8 Å². The van der Waals surface area contributed by atoms with Crippen LogP contribution in [0.1, 0.15) is 23.9 Å². The molecule has 0 unspecified atom stereocenters. The van der Waals surface area contributed by atoms with Crippen molar-refractivity contribution in [3.8, 4) is 28.4 Å². The Balaban J connectivity index is 1.39. The van der Waals surface area contributed by atoms with Gasteiger partial charge in [0, 0.05) is 23.4 Å². The van der Waals surface area contributed by atoms with E-state index in [2.05, 4.69) is 10.1 Å². The molecule has 6 aromatic rings. The third-order valence-electron chi connectivity index (χ3n) is 6.51. The highest BCUT2D eigenvalue weighted by atomic mass is 32.1. The topological polar surface area (TPSA) is 127 Å². The number of benzene rings is 3. The van der Waals surface area contributed by atoms with Crippen LogP contribution < -0.4 is 19.6 Å². The molecule has 0 atom stereocenters. The van der Waals surface area contributed by atoms with E-state index in [0.29, 0.717) is 38.7 Å². The number of thiazole rings is 1. The molecule has 0 amide bonds. The molecule has 0 aliphatic carbocycles. The maximum atomic E-state index is 13.3. The van der Waals surface area contributed by atoms with Gasteiger partial charge in [-0.15, -0.1) is 5.10 Å². The van der Waals surface area contributed by atoms with Gasteiger partial charge in [0.1, 0.15) is 11.4 Å². The average molecular weight is 593 g/mol. The van der Waals surface area contributed by atoms with Crippen LogP contribution >= 0.6 is 11.3 Å². The lowest BCUT2D eigenvalue weighted by molar-refractivity contribution is -0.385. The first kappa shape index (κ1) is 27.5. The quantitative estimate of drug-likeness (QED) is 0.169. The van der Waals surface area contributed by atoms with Crippen molar-refractivity contribution in [3.63, 3.8) is 0 Å². The molecule has 0 aliphatic heterocycles. The van der Waals surface area contributed by atoms with Gasteiger partial charge >= 0.3 is 5.69 Å². The molecule has 3 heterocycles. The molecule has 0 saturated heterocycles. The minimum atomic E-state index is -0.502. The van der Waals surface area contributed by atoms with Crippen LogP contribution in [0.3, 0.4) is 0 Å². The molecule has 11 nitrogen and oxygen atoms in total. The lowest BCUT2D eigenvalue weighted by atomic mass is 10.1. The smallest absolute Gasteiger partial charge is 0.311 e. The number of nitrogens with zero attached hydrogens (tertiary/aromatic N) is 6. The van der Waals surface area contributed by atoms with Crippen LogP contribution in [0.25, 0.3) is 40.1 Å². The molecule has 0 bridgehead atoms. The summed E-state index contributed by atoms with van der Waals surface area (Å²) in [6.07, 6.45) is 7.10. The van der Waals surface area contributed by atoms with Gasteiger partial charge in [-0.25, -0.2) is 4.68 Å². The normalized spacial score (nSPS) is 11.9. The number of para-hydroxylation sites is 1. The molecule has 214 valence electrons. The van der Waals surface area contributed by atoms with Gasteiger partial charge in [-0.3, -0.25) is 14.9 Å². The van der Waals surface area contributed by atoms with Crippen LogP contribution in [0.5, 0.6) is 11.5 Å². The monoisotopic (exact) mass is 592 g/mol. The van der Waals surface area contributed by atoms with E-state index in [-0.39, 0.29) is 17.0 Å². The van der Waals surface area contributed by atoms with Gasteiger partial charge in [0.05, 0.1) is 28.9 Å². The van der Waals surface area contributed by atoms with Gasteiger partial charge in [-0.05, 0) is 61.0 Å². The van der Waals surface area contributed by atoms with Crippen molar-refractivity contribution in [3.05, 3.63) is 121 Å². The number of nitro groups is 1. The second kappa shape index (κ2) is 11.7. The highest BCUT2D eigenvalue weighted by Crippen LogP contribution is 2.33. The van der Waals surface area contributed by atoms with Crippen LogP contribution in [-0.2, 0) is 0 Å². The summed E-state index contributed by atoms with van der Waals surface area (Å²) < 4.78 is 14.0. The number of aromatic nitrogens is 5. The molecule has 3 aromatic carbocycles. The summed E-state index contributed by atoms with van der Waals surface area (Å²) in [6.45, 7) is 2.53. The number of hydrogen-bond acceptors (Lipinski definition) is 9. The van der Waals surface area contributed by atoms with Gasteiger partial charge in [0.25, 0.3) is 5.56 Å². The van der Waals surface area contributed by atoms with Crippen molar-refractivity contribution in [2.75, 3.05) is 13.7 Å². The molecule has 0 spiro atoms. The number of ether oxygens (including phenoxy) is 2. The Kier molecular flexibility index (Phi) is 7.50. The van der Waals surface area contributed by atoms with E-state index in [1.807, 2.05) is 67.6 Å². The Hall–Kier alpha value is -5.62. The second-order valence-electron chi connectivity index (χ2n) is 9.27. The first-order valence-corrected chi connectivity index (χ1v) is 14.1. The predicted molar refractivity (Wildman–Crippen MR) is 165 cm³/mol. The van der Waals surface area contributed by atoms with E-state index in [0.717, 1.165) is 17.0 Å². The molecule has 0 fully saturated rings. The SMILES string of the molecule is CCOc1ccc(/C=C/c2nc3s/c(=C\c4cn(-c5ccccc5)nc4-c4ccc(OC)c([N+](=O)[O-])c4)c(=O)n3n2)cc1. The summed E-state index contributed by atoms with van der Waals surface area (Å²) in [4.78, 5) is 29.5. The van der Waals surface area contributed by atoms with Crippen molar-refractivity contribution in [2.45, 2.75) is 6.92 Å². The molecule has 6 rings (SSSR count). The minimum absolute atomic E-state index is 0.140. The van der Waals surface area contributed by atoms with E-state index < -0.39 is 4.92 Å². The minimum Gasteiger partial charge on any atom is -0.494 e. The third-order valence-corrected chi connectivity index (χ3v) is 7.47. The zero-order chi connectivity index (χ0) is 29.9. The van der Waals surface area contributed by atoms with E-state index in [1.54, 1.807) is 29.1 Å². The van der Waals surface area contributed by atoms with Gasteiger partial charge < -0.3 is 9.47 Å². The lowest BCUT2D eigenvalue weighted by Crippen LogP contribution is -2.23. The lowest BCUT2D eigenvalue weighted by Gasteiger charge is -2.04. The van der Waals surface area contributed by atoms with Crippen LogP contribution in [0.4, 0.5) is 5.69 Å². The highest BCUT2D eigenvalue weighted by molar-refractivity contribution is 7.15. The number of hydrogen-bond donors (Lipinski definition) is 0. The fourth-order valence-corrected chi connectivity index (χ4v) is 5.39. The fourth-order valence-electron chi connectivity index (χ4n) is 4.48. The summed E-state index contributed by atoms with van der Waals surface area (Å²) in [5, 5.41) is 20.8. The first-order valence-electron chi connectivity index (χ1n) is 13.2. The molecule has 12 heteroatoms. The second-order valence-corrected chi connectivity index (χ2v) is 10.3. The average Bonchev–Trinajstić information content (AvgIpc) is 3.71. The van der Waals surface area contributed by atoms with Crippen LogP contribution in [-0.4, -0.2) is 43.0 Å². The molecule has 43 heavy (non-hydrogen) atoms. The Labute approximate surface area is 248 Å². The maximum absolute atomic E-state index is 13.3. The predicted octanol–water partition coefficient (Wildman–Crippen LogP) is 5.04. The van der Waals surface area contributed by atoms with Crippen molar-refractivity contribution in [1.29, 1.82) is 0 Å². The molecule has 0 radical (unpaired) electrons. The maximum Gasteiger partial charge on any atom is 0.311 e. The zero-order valence-electron chi connectivity index (χ0n) is 23.1. The standard InChI is InChI=1S/C31H24N6O5S/c1-3-42-24-13-9-20(10-14-24)11-16-28-32-31-36(33-28)30(38)27(43-31)18-22-19-35(23-7-5-4-6-8-23)34-29(22)21-12-15-26(41-2)25(17-21)37(39)40/h4-19H,3H2,1-2H3/b16-11+,27-18-. The van der Waals surface area contributed by atoms with Crippen molar-refractivity contribution in [2.24, 2.45) is 0 Å². The van der Waals surface area contributed by atoms with E-state index >= 15 is 0 Å². The van der Waals surface area contributed by atoms with Crippen molar-refractivity contribution in [1.82, 2.24) is 24.4 Å². The number of methoxy groups -OCH3 is 1. The van der Waals surface area contributed by atoms with Crippen LogP contribution in [0.2, 0.25) is 0 Å². The number of fused-ring (bicyclic) bond motifs is 1. The number of rotatable bonds is 9. The molecule has 0 aliphatic rings. The van der Waals surface area contributed by atoms with Crippen LogP contribution in [0, 0.1) is 10.1 Å². The summed E-state index contributed by atoms with van der Waals surface area (Å²) in [5.41, 5.74) is 2.79. The summed E-state index contributed by atoms with van der Waals surface area (Å²) in [6, 6.07) is 21.7.